The summed E-state index contributed by atoms with van der Waals surface area (Å²) in [7, 11) is 1.62. The Labute approximate surface area is 243 Å². The number of anilines is 4. The number of aromatic nitrogens is 4. The molecule has 2 aromatic heterocycles. The van der Waals surface area contributed by atoms with Crippen LogP contribution in [0.2, 0.25) is 0 Å². The molecule has 42 heavy (non-hydrogen) atoms. The van der Waals surface area contributed by atoms with Crippen molar-refractivity contribution in [1.82, 2.24) is 24.6 Å². The number of nitrogens with zero attached hydrogens (tertiary/aromatic N) is 6. The second-order valence-corrected chi connectivity index (χ2v) is 11.1. The average molecular weight is 565 g/mol. The number of amides is 1. The second kappa shape index (κ2) is 10.6. The molecule has 0 bridgehead atoms. The zero-order chi connectivity index (χ0) is 28.7. The summed E-state index contributed by atoms with van der Waals surface area (Å²) in [6, 6.07) is 15.8. The molecule has 2 aromatic carbocycles. The lowest BCUT2D eigenvalue weighted by molar-refractivity contribution is -0.127. The highest BCUT2D eigenvalue weighted by atomic mass is 16.5. The van der Waals surface area contributed by atoms with E-state index in [2.05, 4.69) is 44.1 Å². The number of hydrogen-bond acceptors (Lipinski definition) is 9. The van der Waals surface area contributed by atoms with E-state index in [1.54, 1.807) is 18.0 Å². The van der Waals surface area contributed by atoms with Crippen LogP contribution in [0.5, 0.6) is 5.75 Å². The van der Waals surface area contributed by atoms with Crippen LogP contribution < -0.4 is 20.3 Å². The summed E-state index contributed by atoms with van der Waals surface area (Å²) in [4.78, 5) is 26.1. The molecule has 1 amide bonds. The summed E-state index contributed by atoms with van der Waals surface area (Å²) in [5, 5.41) is 11.2. The fourth-order valence-electron chi connectivity index (χ4n) is 5.50. The average Bonchev–Trinajstić information content (AvgIpc) is 3.69. The van der Waals surface area contributed by atoms with Crippen molar-refractivity contribution >= 4 is 28.9 Å². The van der Waals surface area contributed by atoms with Gasteiger partial charge in [-0.2, -0.15) is 10.1 Å². The van der Waals surface area contributed by atoms with Crippen LogP contribution in [0.25, 0.3) is 17.1 Å². The van der Waals surface area contributed by atoms with Gasteiger partial charge in [0.2, 0.25) is 11.9 Å². The lowest BCUT2D eigenvalue weighted by atomic mass is 9.77. The fourth-order valence-corrected chi connectivity index (χ4v) is 5.50. The Morgan fingerprint density at radius 3 is 2.64 bits per heavy atom. The Bertz CT molecular complexity index is 1640. The molecule has 3 aliphatic heterocycles. The van der Waals surface area contributed by atoms with Crippen LogP contribution in [0.4, 0.5) is 23.0 Å². The number of nitrogens with one attached hydrogen (secondary N) is 2. The number of rotatable bonds is 10. The molecule has 3 saturated heterocycles. The van der Waals surface area contributed by atoms with E-state index in [-0.39, 0.29) is 11.3 Å². The van der Waals surface area contributed by atoms with Gasteiger partial charge in [0.25, 0.3) is 0 Å². The van der Waals surface area contributed by atoms with Crippen molar-refractivity contribution in [3.8, 4) is 22.8 Å². The highest BCUT2D eigenvalue weighted by Crippen LogP contribution is 2.45. The first-order valence-electron chi connectivity index (χ1n) is 14.0. The normalized spacial score (nSPS) is 16.8. The molecule has 0 atom stereocenters. The minimum Gasteiger partial charge on any atom is -0.494 e. The number of methoxy groups -OCH3 is 1. The molecule has 0 radical (unpaired) electrons. The molecular weight excluding hydrogens is 532 g/mol. The van der Waals surface area contributed by atoms with Gasteiger partial charge in [-0.3, -0.25) is 9.69 Å². The quantitative estimate of drug-likeness (QED) is 0.219. The van der Waals surface area contributed by atoms with Crippen molar-refractivity contribution in [3.63, 3.8) is 0 Å². The third-order valence-corrected chi connectivity index (χ3v) is 7.86. The van der Waals surface area contributed by atoms with E-state index in [0.717, 1.165) is 68.4 Å². The molecule has 11 heteroatoms. The summed E-state index contributed by atoms with van der Waals surface area (Å²) in [5.74, 6) is 1.32. The van der Waals surface area contributed by atoms with Crippen LogP contribution in [0.3, 0.4) is 0 Å². The van der Waals surface area contributed by atoms with Crippen molar-refractivity contribution in [2.75, 3.05) is 62.0 Å². The molecule has 5 heterocycles. The maximum absolute atomic E-state index is 12.3. The third kappa shape index (κ3) is 5.08. The van der Waals surface area contributed by atoms with Crippen LogP contribution in [-0.4, -0.2) is 77.1 Å². The standard InChI is InChI=1S/C31H32N8O3/c1-3-28(40)33-23-13-24(26(41-2)14-25(23)38-17-31(18-38)19-42-20-31)34-30-32-10-9-27(35-30)39-16-22(15-37-11-12-37)29(36-39)21-7-5-4-6-8-21/h3-10,13-14,16H,1,11-12,15,17-20H2,2H3,(H,33,40)(H,32,34,35). The van der Waals surface area contributed by atoms with E-state index < -0.39 is 0 Å². The molecule has 3 aliphatic rings. The van der Waals surface area contributed by atoms with E-state index >= 15 is 0 Å². The first kappa shape index (κ1) is 26.2. The minimum atomic E-state index is -0.293. The van der Waals surface area contributed by atoms with Crippen molar-refractivity contribution < 1.29 is 14.3 Å². The summed E-state index contributed by atoms with van der Waals surface area (Å²) in [5.41, 5.74) is 5.51. The molecule has 2 N–H and O–H groups in total. The zero-order valence-electron chi connectivity index (χ0n) is 23.4. The number of carbonyl (C=O) groups excluding carboxylic acids is 1. The molecule has 0 aliphatic carbocycles. The minimum absolute atomic E-state index is 0.209. The second-order valence-electron chi connectivity index (χ2n) is 11.1. The lowest BCUT2D eigenvalue weighted by Crippen LogP contribution is -2.66. The van der Waals surface area contributed by atoms with E-state index in [1.807, 2.05) is 42.6 Å². The zero-order valence-corrected chi connectivity index (χ0v) is 23.4. The fraction of sp³-hybridized carbons (Fsp3) is 0.290. The van der Waals surface area contributed by atoms with Gasteiger partial charge in [-0.15, -0.1) is 0 Å². The van der Waals surface area contributed by atoms with Crippen molar-refractivity contribution in [1.29, 1.82) is 0 Å². The molecule has 0 saturated carbocycles. The van der Waals surface area contributed by atoms with Gasteiger partial charge in [0.15, 0.2) is 5.82 Å². The first-order chi connectivity index (χ1) is 20.5. The van der Waals surface area contributed by atoms with Gasteiger partial charge in [0.05, 0.1) is 48.5 Å². The van der Waals surface area contributed by atoms with E-state index in [9.17, 15) is 4.79 Å². The number of hydrogen-bond donors (Lipinski definition) is 2. The Morgan fingerprint density at radius 2 is 1.95 bits per heavy atom. The Balaban J connectivity index is 1.19. The predicted molar refractivity (Wildman–Crippen MR) is 160 cm³/mol. The van der Waals surface area contributed by atoms with E-state index in [0.29, 0.717) is 28.9 Å². The van der Waals surface area contributed by atoms with Gasteiger partial charge in [0, 0.05) is 68.4 Å². The number of benzene rings is 2. The molecule has 7 rings (SSSR count). The summed E-state index contributed by atoms with van der Waals surface area (Å²) in [6.07, 6.45) is 4.99. The van der Waals surface area contributed by atoms with Crippen LogP contribution in [0.1, 0.15) is 5.56 Å². The molecular formula is C31H32N8O3. The molecule has 1 spiro atoms. The van der Waals surface area contributed by atoms with Gasteiger partial charge in [0.1, 0.15) is 5.75 Å². The Hall–Kier alpha value is -4.74. The molecule has 4 aromatic rings. The van der Waals surface area contributed by atoms with Gasteiger partial charge < -0.3 is 25.0 Å². The van der Waals surface area contributed by atoms with Crippen LogP contribution in [-0.2, 0) is 16.1 Å². The maximum atomic E-state index is 12.3. The van der Waals surface area contributed by atoms with Crippen LogP contribution in [0, 0.1) is 5.41 Å². The monoisotopic (exact) mass is 564 g/mol. The van der Waals surface area contributed by atoms with Crippen molar-refractivity contribution in [3.05, 3.63) is 79.1 Å². The lowest BCUT2D eigenvalue weighted by Gasteiger charge is -2.56. The van der Waals surface area contributed by atoms with Crippen molar-refractivity contribution in [2.45, 2.75) is 6.54 Å². The van der Waals surface area contributed by atoms with Crippen molar-refractivity contribution in [2.24, 2.45) is 5.41 Å². The molecule has 11 nitrogen and oxygen atoms in total. The number of ether oxygens (including phenoxy) is 2. The van der Waals surface area contributed by atoms with E-state index in [4.69, 9.17) is 19.6 Å². The van der Waals surface area contributed by atoms with Crippen LogP contribution >= 0.6 is 0 Å². The first-order valence-corrected chi connectivity index (χ1v) is 14.0. The SMILES string of the molecule is C=CC(=O)Nc1cc(Nc2nccc(-n3cc(CN4CC4)c(-c4ccccc4)n3)n2)c(OC)cc1N1CC2(COC2)C1. The van der Waals surface area contributed by atoms with Gasteiger partial charge >= 0.3 is 0 Å². The predicted octanol–water partition coefficient (Wildman–Crippen LogP) is 3.86. The third-order valence-electron chi connectivity index (χ3n) is 7.86. The summed E-state index contributed by atoms with van der Waals surface area (Å²) >= 11 is 0. The Morgan fingerprint density at radius 1 is 1.14 bits per heavy atom. The van der Waals surface area contributed by atoms with Gasteiger partial charge in [-0.1, -0.05) is 36.9 Å². The Kier molecular flexibility index (Phi) is 6.60. The highest BCUT2D eigenvalue weighted by Gasteiger charge is 2.49. The summed E-state index contributed by atoms with van der Waals surface area (Å²) in [6.45, 7) is 9.91. The number of carbonyl (C=O) groups is 1. The molecule has 3 fully saturated rings. The van der Waals surface area contributed by atoms with Crippen LogP contribution in [0.15, 0.2) is 73.6 Å². The topological polar surface area (TPSA) is 109 Å². The van der Waals surface area contributed by atoms with E-state index in [1.165, 1.54) is 6.08 Å². The molecule has 0 unspecified atom stereocenters. The maximum Gasteiger partial charge on any atom is 0.247 e. The van der Waals surface area contributed by atoms with Gasteiger partial charge in [-0.25, -0.2) is 9.67 Å². The summed E-state index contributed by atoms with van der Waals surface area (Å²) < 4.78 is 13.0. The smallest absolute Gasteiger partial charge is 0.247 e. The molecule has 214 valence electrons. The van der Waals surface area contributed by atoms with Gasteiger partial charge in [-0.05, 0) is 12.1 Å². The largest absolute Gasteiger partial charge is 0.494 e. The highest BCUT2D eigenvalue weighted by molar-refractivity contribution is 6.02.